The van der Waals surface area contributed by atoms with Crippen LogP contribution in [0.4, 0.5) is 0 Å². The molecule has 1 aromatic carbocycles. The normalized spacial score (nSPS) is 17.1. The highest BCUT2D eigenvalue weighted by Crippen LogP contribution is 2.51. The van der Waals surface area contributed by atoms with Crippen molar-refractivity contribution < 1.29 is 14.6 Å². The average molecular weight is 236 g/mol. The second-order valence-electron chi connectivity index (χ2n) is 4.99. The Labute approximate surface area is 102 Å². The Bertz CT molecular complexity index is 420. The zero-order valence-electron chi connectivity index (χ0n) is 10.9. The summed E-state index contributed by atoms with van der Waals surface area (Å²) in [4.78, 5) is 0. The van der Waals surface area contributed by atoms with Crippen LogP contribution in [0.25, 0.3) is 0 Å². The van der Waals surface area contributed by atoms with Gasteiger partial charge in [-0.1, -0.05) is 13.8 Å². The lowest BCUT2D eigenvalue weighted by atomic mass is 9.96. The first kappa shape index (κ1) is 12.2. The number of aliphatic hydroxyl groups is 1. The minimum Gasteiger partial charge on any atom is -0.493 e. The van der Waals surface area contributed by atoms with Crippen LogP contribution in [0.2, 0.25) is 0 Å². The minimum absolute atomic E-state index is 0.399. The Kier molecular flexibility index (Phi) is 3.04. The van der Waals surface area contributed by atoms with Crippen molar-refractivity contribution in [3.8, 4) is 11.5 Å². The zero-order valence-corrected chi connectivity index (χ0v) is 10.9. The zero-order chi connectivity index (χ0) is 12.6. The standard InChI is InChI=1S/C14H20O3/c1-9(2)10-7-11(14(15)5-6-14)13(17-4)12(8-10)16-3/h7-9,15H,5-6H2,1-4H3. The summed E-state index contributed by atoms with van der Waals surface area (Å²) in [7, 11) is 3.24. The van der Waals surface area contributed by atoms with E-state index in [1.807, 2.05) is 12.1 Å². The molecule has 0 heterocycles. The van der Waals surface area contributed by atoms with Gasteiger partial charge in [-0.05, 0) is 36.5 Å². The highest BCUT2D eigenvalue weighted by atomic mass is 16.5. The highest BCUT2D eigenvalue weighted by Gasteiger charge is 2.45. The highest BCUT2D eigenvalue weighted by molar-refractivity contribution is 5.54. The molecule has 1 aromatic rings. The fourth-order valence-electron chi connectivity index (χ4n) is 2.05. The number of benzene rings is 1. The third kappa shape index (κ3) is 2.12. The lowest BCUT2D eigenvalue weighted by Gasteiger charge is -2.19. The van der Waals surface area contributed by atoms with Crippen molar-refractivity contribution in [2.45, 2.75) is 38.2 Å². The van der Waals surface area contributed by atoms with Gasteiger partial charge >= 0.3 is 0 Å². The van der Waals surface area contributed by atoms with Gasteiger partial charge in [0.05, 0.1) is 19.8 Å². The molecule has 2 rings (SSSR count). The first-order valence-corrected chi connectivity index (χ1v) is 6.00. The van der Waals surface area contributed by atoms with Crippen LogP contribution in [0.3, 0.4) is 0 Å². The summed E-state index contributed by atoms with van der Waals surface area (Å²) >= 11 is 0. The van der Waals surface area contributed by atoms with Gasteiger partial charge in [0, 0.05) is 5.56 Å². The van der Waals surface area contributed by atoms with Crippen molar-refractivity contribution in [1.29, 1.82) is 0 Å². The first-order valence-electron chi connectivity index (χ1n) is 6.00. The summed E-state index contributed by atoms with van der Waals surface area (Å²) in [6.07, 6.45) is 1.60. The number of hydrogen-bond acceptors (Lipinski definition) is 3. The topological polar surface area (TPSA) is 38.7 Å². The Morgan fingerprint density at radius 2 is 1.82 bits per heavy atom. The van der Waals surface area contributed by atoms with E-state index in [1.54, 1.807) is 14.2 Å². The van der Waals surface area contributed by atoms with Crippen molar-refractivity contribution in [3.05, 3.63) is 23.3 Å². The van der Waals surface area contributed by atoms with Crippen LogP contribution in [0.15, 0.2) is 12.1 Å². The Hall–Kier alpha value is -1.22. The molecule has 0 aliphatic heterocycles. The number of rotatable bonds is 4. The van der Waals surface area contributed by atoms with Crippen LogP contribution in [0.1, 0.15) is 43.7 Å². The molecule has 0 atom stereocenters. The summed E-state index contributed by atoms with van der Waals surface area (Å²) in [5.41, 5.74) is 1.32. The van der Waals surface area contributed by atoms with Gasteiger partial charge in [0.1, 0.15) is 0 Å². The molecule has 1 fully saturated rings. The Morgan fingerprint density at radius 1 is 1.18 bits per heavy atom. The summed E-state index contributed by atoms with van der Waals surface area (Å²) in [6.45, 7) is 4.25. The fraction of sp³-hybridized carbons (Fsp3) is 0.571. The summed E-state index contributed by atoms with van der Waals surface area (Å²) < 4.78 is 10.7. The van der Waals surface area contributed by atoms with Crippen LogP contribution in [-0.4, -0.2) is 19.3 Å². The molecule has 1 aliphatic carbocycles. The minimum atomic E-state index is -0.705. The van der Waals surface area contributed by atoms with Gasteiger partial charge in [0.2, 0.25) is 0 Å². The van der Waals surface area contributed by atoms with E-state index in [9.17, 15) is 5.11 Å². The summed E-state index contributed by atoms with van der Waals surface area (Å²) in [5.74, 6) is 1.77. The average Bonchev–Trinajstić information content (AvgIpc) is 3.06. The van der Waals surface area contributed by atoms with Crippen LogP contribution in [-0.2, 0) is 5.60 Å². The smallest absolute Gasteiger partial charge is 0.166 e. The predicted octanol–water partition coefficient (Wildman–Crippen LogP) is 2.81. The molecule has 0 spiro atoms. The van der Waals surface area contributed by atoms with Crippen molar-refractivity contribution >= 4 is 0 Å². The fourth-order valence-corrected chi connectivity index (χ4v) is 2.05. The molecule has 0 radical (unpaired) electrons. The van der Waals surface area contributed by atoms with Gasteiger partial charge < -0.3 is 14.6 Å². The third-order valence-electron chi connectivity index (χ3n) is 3.39. The van der Waals surface area contributed by atoms with Gasteiger partial charge in [0.25, 0.3) is 0 Å². The molecule has 3 heteroatoms. The van der Waals surface area contributed by atoms with Crippen LogP contribution in [0, 0.1) is 0 Å². The SMILES string of the molecule is COc1cc(C(C)C)cc(C2(O)CC2)c1OC. The molecule has 17 heavy (non-hydrogen) atoms. The molecule has 3 nitrogen and oxygen atoms in total. The van der Waals surface area contributed by atoms with Crippen LogP contribution in [0.5, 0.6) is 11.5 Å². The second kappa shape index (κ2) is 4.22. The molecule has 1 N–H and O–H groups in total. The molecule has 0 bridgehead atoms. The van der Waals surface area contributed by atoms with Crippen molar-refractivity contribution in [2.75, 3.05) is 14.2 Å². The summed E-state index contributed by atoms with van der Waals surface area (Å²) in [6, 6.07) is 4.03. The molecule has 1 saturated carbocycles. The lowest BCUT2D eigenvalue weighted by molar-refractivity contribution is 0.146. The van der Waals surface area contributed by atoms with Gasteiger partial charge in [-0.25, -0.2) is 0 Å². The Balaban J connectivity index is 2.57. The lowest BCUT2D eigenvalue weighted by Crippen LogP contribution is -2.09. The van der Waals surface area contributed by atoms with Crippen molar-refractivity contribution in [2.24, 2.45) is 0 Å². The summed E-state index contributed by atoms with van der Waals surface area (Å²) in [5, 5.41) is 10.3. The molecule has 0 amide bonds. The maximum Gasteiger partial charge on any atom is 0.166 e. The third-order valence-corrected chi connectivity index (χ3v) is 3.39. The van der Waals surface area contributed by atoms with Gasteiger partial charge in [-0.15, -0.1) is 0 Å². The maximum absolute atomic E-state index is 10.3. The van der Waals surface area contributed by atoms with Crippen molar-refractivity contribution in [3.63, 3.8) is 0 Å². The van der Waals surface area contributed by atoms with Crippen LogP contribution < -0.4 is 9.47 Å². The molecule has 0 saturated heterocycles. The molecular formula is C14H20O3. The molecule has 1 aliphatic rings. The van der Waals surface area contributed by atoms with E-state index in [2.05, 4.69) is 13.8 Å². The van der Waals surface area contributed by atoms with Crippen LogP contribution >= 0.6 is 0 Å². The van der Waals surface area contributed by atoms with E-state index in [0.29, 0.717) is 17.4 Å². The van der Waals surface area contributed by atoms with E-state index in [4.69, 9.17) is 9.47 Å². The van der Waals surface area contributed by atoms with E-state index >= 15 is 0 Å². The van der Waals surface area contributed by atoms with E-state index in [0.717, 1.165) is 24.0 Å². The second-order valence-corrected chi connectivity index (χ2v) is 4.99. The van der Waals surface area contributed by atoms with E-state index < -0.39 is 5.60 Å². The number of methoxy groups -OCH3 is 2. The largest absolute Gasteiger partial charge is 0.493 e. The molecule has 0 unspecified atom stereocenters. The van der Waals surface area contributed by atoms with Gasteiger partial charge in [-0.3, -0.25) is 0 Å². The van der Waals surface area contributed by atoms with E-state index in [1.165, 1.54) is 0 Å². The predicted molar refractivity (Wildman–Crippen MR) is 66.8 cm³/mol. The maximum atomic E-state index is 10.3. The van der Waals surface area contributed by atoms with Crippen molar-refractivity contribution in [1.82, 2.24) is 0 Å². The molecule has 94 valence electrons. The van der Waals surface area contributed by atoms with Gasteiger partial charge in [0.15, 0.2) is 11.5 Å². The Morgan fingerprint density at radius 3 is 2.24 bits per heavy atom. The number of ether oxygens (including phenoxy) is 2. The van der Waals surface area contributed by atoms with E-state index in [-0.39, 0.29) is 0 Å². The molecular weight excluding hydrogens is 216 g/mol. The monoisotopic (exact) mass is 236 g/mol. The van der Waals surface area contributed by atoms with Gasteiger partial charge in [-0.2, -0.15) is 0 Å². The quantitative estimate of drug-likeness (QED) is 0.873. The number of hydrogen-bond donors (Lipinski definition) is 1. The molecule has 0 aromatic heterocycles. The first-order chi connectivity index (χ1) is 8.01.